The van der Waals surface area contributed by atoms with Crippen LogP contribution in [0.3, 0.4) is 0 Å². The highest BCUT2D eigenvalue weighted by molar-refractivity contribution is 9.10. The van der Waals surface area contributed by atoms with Gasteiger partial charge in [-0.25, -0.2) is 0 Å². The van der Waals surface area contributed by atoms with Crippen molar-refractivity contribution in [2.24, 2.45) is 11.7 Å². The molecule has 0 aliphatic heterocycles. The van der Waals surface area contributed by atoms with Gasteiger partial charge in [-0.05, 0) is 17.7 Å². The molecule has 100 valence electrons. The SMILES string of the molecule is N=C(N)C(COCc1ccc(Br)cc1)C(F)(F)F. The summed E-state index contributed by atoms with van der Waals surface area (Å²) in [6.07, 6.45) is -4.55. The van der Waals surface area contributed by atoms with Gasteiger partial charge in [-0.2, -0.15) is 13.2 Å². The van der Waals surface area contributed by atoms with Crippen molar-refractivity contribution in [3.8, 4) is 0 Å². The Kier molecular flexibility index (Phi) is 5.15. The predicted molar refractivity (Wildman–Crippen MR) is 65.3 cm³/mol. The van der Waals surface area contributed by atoms with Gasteiger partial charge in [-0.15, -0.1) is 0 Å². The Labute approximate surface area is 111 Å². The molecule has 18 heavy (non-hydrogen) atoms. The van der Waals surface area contributed by atoms with Crippen LogP contribution < -0.4 is 5.73 Å². The fraction of sp³-hybridized carbons (Fsp3) is 0.364. The standard InChI is InChI=1S/C11H12BrF3N2O/c12-8-3-1-7(2-4-8)5-18-6-9(10(16)17)11(13,14)15/h1-4,9H,5-6H2,(H3,16,17). The van der Waals surface area contributed by atoms with Crippen molar-refractivity contribution in [1.82, 2.24) is 0 Å². The highest BCUT2D eigenvalue weighted by Crippen LogP contribution is 2.26. The Morgan fingerprint density at radius 2 is 1.89 bits per heavy atom. The number of alkyl halides is 3. The summed E-state index contributed by atoms with van der Waals surface area (Å²) < 4.78 is 43.2. The average molecular weight is 325 g/mol. The number of hydrogen-bond donors (Lipinski definition) is 2. The first-order chi connectivity index (χ1) is 8.30. The Balaban J connectivity index is 2.49. The van der Waals surface area contributed by atoms with Gasteiger partial charge in [0.05, 0.1) is 13.2 Å². The Morgan fingerprint density at radius 3 is 2.33 bits per heavy atom. The molecule has 0 bridgehead atoms. The Bertz CT molecular complexity index is 406. The Hall–Kier alpha value is -1.08. The normalized spacial score (nSPS) is 13.3. The van der Waals surface area contributed by atoms with Crippen molar-refractivity contribution < 1.29 is 17.9 Å². The van der Waals surface area contributed by atoms with E-state index in [1.807, 2.05) is 0 Å². The van der Waals surface area contributed by atoms with E-state index >= 15 is 0 Å². The number of nitrogens with one attached hydrogen (secondary N) is 1. The van der Waals surface area contributed by atoms with E-state index < -0.39 is 24.5 Å². The second-order valence-corrected chi connectivity index (χ2v) is 4.61. The minimum absolute atomic E-state index is 0.0487. The van der Waals surface area contributed by atoms with E-state index in [9.17, 15) is 13.2 Å². The van der Waals surface area contributed by atoms with Crippen LogP contribution in [0.4, 0.5) is 13.2 Å². The lowest BCUT2D eigenvalue weighted by Crippen LogP contribution is -2.38. The number of halogens is 4. The lowest BCUT2D eigenvalue weighted by molar-refractivity contribution is -0.169. The van der Waals surface area contributed by atoms with E-state index in [1.165, 1.54) is 0 Å². The smallest absolute Gasteiger partial charge is 0.387 e. The zero-order valence-electron chi connectivity index (χ0n) is 9.30. The first-order valence-corrected chi connectivity index (χ1v) is 5.83. The van der Waals surface area contributed by atoms with Crippen molar-refractivity contribution >= 4 is 21.8 Å². The molecule has 0 aliphatic carbocycles. The van der Waals surface area contributed by atoms with Crippen LogP contribution in [-0.2, 0) is 11.3 Å². The van der Waals surface area contributed by atoms with Gasteiger partial charge in [0.25, 0.3) is 0 Å². The van der Waals surface area contributed by atoms with Crippen LogP contribution in [0.2, 0.25) is 0 Å². The van der Waals surface area contributed by atoms with Gasteiger partial charge in [0.15, 0.2) is 0 Å². The third-order valence-corrected chi connectivity index (χ3v) is 2.77. The van der Waals surface area contributed by atoms with E-state index in [0.29, 0.717) is 0 Å². The largest absolute Gasteiger partial charge is 0.400 e. The summed E-state index contributed by atoms with van der Waals surface area (Å²) in [6.45, 7) is -0.595. The first kappa shape index (κ1) is 15.0. The minimum atomic E-state index is -4.55. The second-order valence-electron chi connectivity index (χ2n) is 3.69. The summed E-state index contributed by atoms with van der Waals surface area (Å²) in [7, 11) is 0. The highest BCUT2D eigenvalue weighted by atomic mass is 79.9. The molecule has 0 heterocycles. The maximum absolute atomic E-state index is 12.4. The van der Waals surface area contributed by atoms with Crippen LogP contribution in [0.5, 0.6) is 0 Å². The summed E-state index contributed by atoms with van der Waals surface area (Å²) in [5, 5.41) is 6.89. The molecule has 1 atom stereocenters. The van der Waals surface area contributed by atoms with E-state index in [-0.39, 0.29) is 6.61 Å². The third-order valence-electron chi connectivity index (χ3n) is 2.24. The van der Waals surface area contributed by atoms with E-state index in [4.69, 9.17) is 15.9 Å². The van der Waals surface area contributed by atoms with Crippen molar-refractivity contribution in [1.29, 1.82) is 5.41 Å². The van der Waals surface area contributed by atoms with Crippen molar-refractivity contribution in [2.45, 2.75) is 12.8 Å². The predicted octanol–water partition coefficient (Wildman–Crippen LogP) is 3.08. The lowest BCUT2D eigenvalue weighted by atomic mass is 10.1. The van der Waals surface area contributed by atoms with Crippen molar-refractivity contribution in [3.05, 3.63) is 34.3 Å². The van der Waals surface area contributed by atoms with Gasteiger partial charge < -0.3 is 10.5 Å². The van der Waals surface area contributed by atoms with Crippen LogP contribution >= 0.6 is 15.9 Å². The molecule has 0 spiro atoms. The molecular formula is C11H12BrF3N2O. The molecule has 0 aliphatic rings. The molecule has 1 aromatic carbocycles. The van der Waals surface area contributed by atoms with Crippen LogP contribution in [0, 0.1) is 11.3 Å². The van der Waals surface area contributed by atoms with Crippen molar-refractivity contribution in [2.75, 3.05) is 6.61 Å². The van der Waals surface area contributed by atoms with E-state index in [2.05, 4.69) is 15.9 Å². The lowest BCUT2D eigenvalue weighted by Gasteiger charge is -2.18. The fourth-order valence-electron chi connectivity index (χ4n) is 1.24. The third kappa shape index (κ3) is 4.66. The summed E-state index contributed by atoms with van der Waals surface area (Å²) >= 11 is 3.25. The number of hydrogen-bond acceptors (Lipinski definition) is 2. The van der Waals surface area contributed by atoms with E-state index in [1.54, 1.807) is 24.3 Å². The zero-order chi connectivity index (χ0) is 13.8. The monoisotopic (exact) mass is 324 g/mol. The molecule has 0 amide bonds. The molecule has 0 radical (unpaired) electrons. The van der Waals surface area contributed by atoms with Crippen LogP contribution in [0.25, 0.3) is 0 Å². The van der Waals surface area contributed by atoms with Crippen LogP contribution in [-0.4, -0.2) is 18.6 Å². The molecule has 1 aromatic rings. The number of amidine groups is 1. The second kappa shape index (κ2) is 6.19. The van der Waals surface area contributed by atoms with Gasteiger partial charge in [-0.1, -0.05) is 28.1 Å². The molecule has 0 saturated carbocycles. The summed E-state index contributed by atoms with van der Waals surface area (Å²) in [5.74, 6) is -2.98. The summed E-state index contributed by atoms with van der Waals surface area (Å²) in [6, 6.07) is 7.01. The minimum Gasteiger partial charge on any atom is -0.387 e. The fourth-order valence-corrected chi connectivity index (χ4v) is 1.50. The maximum atomic E-state index is 12.4. The van der Waals surface area contributed by atoms with Gasteiger partial charge in [0.2, 0.25) is 0 Å². The molecular weight excluding hydrogens is 313 g/mol. The van der Waals surface area contributed by atoms with Crippen LogP contribution in [0.15, 0.2) is 28.7 Å². The van der Waals surface area contributed by atoms with E-state index in [0.717, 1.165) is 10.0 Å². The van der Waals surface area contributed by atoms with Gasteiger partial charge in [-0.3, -0.25) is 5.41 Å². The first-order valence-electron chi connectivity index (χ1n) is 5.03. The highest BCUT2D eigenvalue weighted by Gasteiger charge is 2.42. The summed E-state index contributed by atoms with van der Waals surface area (Å²) in [5.41, 5.74) is 5.65. The van der Waals surface area contributed by atoms with Crippen LogP contribution in [0.1, 0.15) is 5.56 Å². The molecule has 1 unspecified atom stereocenters. The Morgan fingerprint density at radius 1 is 1.33 bits per heavy atom. The molecule has 0 fully saturated rings. The molecule has 3 nitrogen and oxygen atoms in total. The summed E-state index contributed by atoms with van der Waals surface area (Å²) in [4.78, 5) is 0. The quantitative estimate of drug-likeness (QED) is 0.646. The number of rotatable bonds is 5. The van der Waals surface area contributed by atoms with Crippen molar-refractivity contribution in [3.63, 3.8) is 0 Å². The number of benzene rings is 1. The molecule has 0 saturated heterocycles. The average Bonchev–Trinajstić information content (AvgIpc) is 2.24. The molecule has 3 N–H and O–H groups in total. The zero-order valence-corrected chi connectivity index (χ0v) is 10.9. The number of ether oxygens (including phenoxy) is 1. The molecule has 1 rings (SSSR count). The molecule has 0 aromatic heterocycles. The van der Waals surface area contributed by atoms with Gasteiger partial charge in [0, 0.05) is 4.47 Å². The van der Waals surface area contributed by atoms with Gasteiger partial charge in [0.1, 0.15) is 11.8 Å². The van der Waals surface area contributed by atoms with Gasteiger partial charge >= 0.3 is 6.18 Å². The topological polar surface area (TPSA) is 59.1 Å². The number of nitrogens with two attached hydrogens (primary N) is 1. The molecule has 7 heteroatoms. The maximum Gasteiger partial charge on any atom is 0.400 e.